The van der Waals surface area contributed by atoms with Crippen LogP contribution in [0, 0.1) is 12.7 Å². The Morgan fingerprint density at radius 2 is 1.83 bits per heavy atom. The van der Waals surface area contributed by atoms with E-state index in [0.29, 0.717) is 10.9 Å². The van der Waals surface area contributed by atoms with Gasteiger partial charge in [0.15, 0.2) is 9.84 Å². The maximum absolute atomic E-state index is 13.6. The first-order chi connectivity index (χ1) is 13.4. The van der Waals surface area contributed by atoms with E-state index in [1.807, 2.05) is 0 Å². The summed E-state index contributed by atoms with van der Waals surface area (Å²) in [6.07, 6.45) is 3.64. The number of rotatable bonds is 4. The van der Waals surface area contributed by atoms with E-state index in [-0.39, 0.29) is 27.4 Å². The molecule has 0 bridgehead atoms. The molecule has 9 heteroatoms. The number of nitrogens with zero attached hydrogens (tertiary/aromatic N) is 2. The minimum Gasteiger partial charge on any atom is -0.365 e. The maximum Gasteiger partial charge on any atom is 0.252 e. The van der Waals surface area contributed by atoms with Gasteiger partial charge in [0.25, 0.3) is 5.91 Å². The van der Waals surface area contributed by atoms with Gasteiger partial charge in [-0.25, -0.2) is 12.8 Å². The van der Waals surface area contributed by atoms with Crippen molar-refractivity contribution in [1.82, 2.24) is 9.97 Å². The average molecular weight is 416 g/mol. The van der Waals surface area contributed by atoms with Gasteiger partial charge in [0.2, 0.25) is 0 Å². The summed E-state index contributed by atoms with van der Waals surface area (Å²) in [6.45, 7) is 6.55. The number of aromatic nitrogens is 2. The maximum atomic E-state index is 13.6. The molecule has 0 aliphatic heterocycles. The number of halogens is 1. The van der Waals surface area contributed by atoms with E-state index in [2.05, 4.69) is 15.3 Å². The molecule has 0 radical (unpaired) electrons. The van der Waals surface area contributed by atoms with E-state index >= 15 is 0 Å². The van der Waals surface area contributed by atoms with E-state index in [1.165, 1.54) is 18.5 Å². The molecule has 0 fully saturated rings. The predicted octanol–water partition coefficient (Wildman–Crippen LogP) is 3.49. The van der Waals surface area contributed by atoms with Crippen LogP contribution in [-0.2, 0) is 9.84 Å². The minimum atomic E-state index is -3.73. The molecule has 0 atom stereocenters. The van der Waals surface area contributed by atoms with Gasteiger partial charge < -0.3 is 11.1 Å². The summed E-state index contributed by atoms with van der Waals surface area (Å²) in [7, 11) is -3.73. The van der Waals surface area contributed by atoms with Crippen LogP contribution in [-0.4, -0.2) is 29.0 Å². The highest BCUT2D eigenvalue weighted by atomic mass is 32.2. The van der Waals surface area contributed by atoms with Gasteiger partial charge in [-0.3, -0.25) is 14.8 Å². The van der Waals surface area contributed by atoms with Crippen LogP contribution in [0.5, 0.6) is 0 Å². The van der Waals surface area contributed by atoms with Gasteiger partial charge in [0.05, 0.1) is 44.5 Å². The molecule has 152 valence electrons. The first-order valence-corrected chi connectivity index (χ1v) is 10.3. The van der Waals surface area contributed by atoms with Crippen molar-refractivity contribution in [2.24, 2.45) is 5.73 Å². The van der Waals surface area contributed by atoms with Gasteiger partial charge in [-0.2, -0.15) is 0 Å². The second kappa shape index (κ2) is 7.07. The number of hydrogen-bond acceptors (Lipinski definition) is 6. The Morgan fingerprint density at radius 3 is 2.41 bits per heavy atom. The van der Waals surface area contributed by atoms with Crippen molar-refractivity contribution in [3.63, 3.8) is 0 Å². The highest BCUT2D eigenvalue weighted by molar-refractivity contribution is 7.93. The molecule has 1 aromatic carbocycles. The summed E-state index contributed by atoms with van der Waals surface area (Å²) in [5.41, 5.74) is 6.91. The normalized spacial score (nSPS) is 12.2. The van der Waals surface area contributed by atoms with Gasteiger partial charge in [-0.15, -0.1) is 0 Å². The van der Waals surface area contributed by atoms with Crippen LogP contribution in [0.4, 0.5) is 15.8 Å². The van der Waals surface area contributed by atoms with Crippen LogP contribution >= 0.6 is 0 Å². The van der Waals surface area contributed by atoms with Crippen LogP contribution < -0.4 is 11.1 Å². The fraction of sp³-hybridized carbons (Fsp3) is 0.250. The number of sulfone groups is 1. The molecule has 3 rings (SSSR count). The lowest BCUT2D eigenvalue weighted by Gasteiger charge is -2.22. The number of carbonyl (C=O) groups excluding carboxylic acids is 1. The van der Waals surface area contributed by atoms with Crippen LogP contribution in [0.1, 0.15) is 36.7 Å². The monoisotopic (exact) mass is 416 g/mol. The number of pyridine rings is 2. The average Bonchev–Trinajstić information content (AvgIpc) is 2.60. The Morgan fingerprint density at radius 1 is 1.14 bits per heavy atom. The fourth-order valence-corrected chi connectivity index (χ4v) is 4.31. The SMILES string of the molecule is Cc1cc(S(=O)(=O)C(C)(C)C)c2ncc(C(N)=O)c(Nc3cncc(F)c3)c2c1. The molecule has 0 saturated heterocycles. The third-order valence-corrected chi connectivity index (χ3v) is 6.92. The highest BCUT2D eigenvalue weighted by Gasteiger charge is 2.33. The Labute approximate surface area is 168 Å². The number of nitrogens with two attached hydrogens (primary N) is 1. The molecule has 0 saturated carbocycles. The molecule has 29 heavy (non-hydrogen) atoms. The van der Waals surface area contributed by atoms with Gasteiger partial charge in [0.1, 0.15) is 5.82 Å². The third kappa shape index (κ3) is 3.77. The van der Waals surface area contributed by atoms with Crippen LogP contribution in [0.2, 0.25) is 0 Å². The minimum absolute atomic E-state index is 0.0477. The number of anilines is 2. The number of amides is 1. The molecular formula is C20H21FN4O3S. The van der Waals surface area contributed by atoms with Crippen LogP contribution in [0.15, 0.2) is 41.7 Å². The summed E-state index contributed by atoms with van der Waals surface area (Å²) in [4.78, 5) is 20.0. The Hall–Kier alpha value is -3.07. The summed E-state index contributed by atoms with van der Waals surface area (Å²) in [6, 6.07) is 4.45. The van der Waals surface area contributed by atoms with Crippen LogP contribution in [0.3, 0.4) is 0 Å². The Balaban J connectivity index is 2.37. The van der Waals surface area contributed by atoms with E-state index in [4.69, 9.17) is 5.73 Å². The van der Waals surface area contributed by atoms with Crippen molar-refractivity contribution in [3.8, 4) is 0 Å². The lowest BCUT2D eigenvalue weighted by molar-refractivity contribution is 0.100. The standard InChI is InChI=1S/C20H21FN4O3S/c1-11-5-14-17(25-13-7-12(21)8-23-9-13)15(19(22)26)10-24-18(14)16(6-11)29(27,28)20(2,3)4/h5-10H,1-4H3,(H2,22,26)(H,24,25). The third-order valence-electron chi connectivity index (χ3n) is 4.42. The fourth-order valence-electron chi connectivity index (χ4n) is 2.89. The lowest BCUT2D eigenvalue weighted by Crippen LogP contribution is -2.28. The quantitative estimate of drug-likeness (QED) is 0.673. The van der Waals surface area contributed by atoms with E-state index < -0.39 is 26.3 Å². The number of aryl methyl sites for hydroxylation is 1. The molecule has 0 spiro atoms. The van der Waals surface area contributed by atoms with Gasteiger partial charge >= 0.3 is 0 Å². The summed E-state index contributed by atoms with van der Waals surface area (Å²) < 4.78 is 38.8. The smallest absolute Gasteiger partial charge is 0.252 e. The highest BCUT2D eigenvalue weighted by Crippen LogP contribution is 2.36. The second-order valence-electron chi connectivity index (χ2n) is 7.70. The largest absolute Gasteiger partial charge is 0.365 e. The number of benzene rings is 1. The first kappa shape index (κ1) is 20.7. The first-order valence-electron chi connectivity index (χ1n) is 8.77. The predicted molar refractivity (Wildman–Crippen MR) is 109 cm³/mol. The van der Waals surface area contributed by atoms with Gasteiger partial charge in [-0.1, -0.05) is 0 Å². The van der Waals surface area contributed by atoms with Crippen molar-refractivity contribution in [3.05, 3.63) is 53.7 Å². The number of fused-ring (bicyclic) bond motifs is 1. The molecule has 0 unspecified atom stereocenters. The zero-order chi connectivity index (χ0) is 21.6. The van der Waals surface area contributed by atoms with E-state index in [1.54, 1.807) is 39.8 Å². The second-order valence-corrected chi connectivity index (χ2v) is 10.4. The number of nitrogens with one attached hydrogen (secondary N) is 1. The van der Waals surface area contributed by atoms with Gasteiger partial charge in [0, 0.05) is 17.6 Å². The van der Waals surface area contributed by atoms with E-state index in [9.17, 15) is 17.6 Å². The molecule has 2 heterocycles. The molecule has 0 aliphatic rings. The Kier molecular flexibility index (Phi) is 5.04. The molecule has 2 aromatic heterocycles. The molecule has 1 amide bonds. The zero-order valence-corrected chi connectivity index (χ0v) is 17.3. The topological polar surface area (TPSA) is 115 Å². The van der Waals surface area contributed by atoms with Crippen molar-refractivity contribution in [1.29, 1.82) is 0 Å². The Bertz CT molecular complexity index is 1230. The number of carbonyl (C=O) groups is 1. The van der Waals surface area contributed by atoms with Crippen molar-refractivity contribution >= 4 is 38.0 Å². The molecule has 7 nitrogen and oxygen atoms in total. The summed E-state index contributed by atoms with van der Waals surface area (Å²) in [5.74, 6) is -1.32. The summed E-state index contributed by atoms with van der Waals surface area (Å²) in [5, 5.41) is 3.33. The van der Waals surface area contributed by atoms with Crippen molar-refractivity contribution in [2.45, 2.75) is 37.3 Å². The molecule has 3 aromatic rings. The number of hydrogen-bond donors (Lipinski definition) is 2. The summed E-state index contributed by atoms with van der Waals surface area (Å²) >= 11 is 0. The zero-order valence-electron chi connectivity index (χ0n) is 16.4. The van der Waals surface area contributed by atoms with Crippen LogP contribution in [0.25, 0.3) is 10.9 Å². The lowest BCUT2D eigenvalue weighted by atomic mass is 10.1. The van der Waals surface area contributed by atoms with Crippen molar-refractivity contribution in [2.75, 3.05) is 5.32 Å². The number of primary amides is 1. The molecule has 0 aliphatic carbocycles. The molecular weight excluding hydrogens is 395 g/mol. The van der Waals surface area contributed by atoms with E-state index in [0.717, 1.165) is 6.20 Å². The van der Waals surface area contributed by atoms with Gasteiger partial charge in [-0.05, 0) is 45.4 Å². The molecule has 3 N–H and O–H groups in total. The van der Waals surface area contributed by atoms with Crippen molar-refractivity contribution < 1.29 is 17.6 Å².